The Morgan fingerprint density at radius 2 is 1.29 bits per heavy atom. The number of hydrogen-bond acceptors (Lipinski definition) is 0. The lowest BCUT2D eigenvalue weighted by Gasteiger charge is -2.06. The second-order valence-corrected chi connectivity index (χ2v) is 6.82. The van der Waals surface area contributed by atoms with Gasteiger partial charge in [0.15, 0.2) is 0 Å². The monoisotopic (exact) mass is 326 g/mol. The minimum absolute atomic E-state index is 0.510. The molecule has 0 saturated carbocycles. The summed E-state index contributed by atoms with van der Waals surface area (Å²) in [6, 6.07) is 24.7. The first-order valence-electron chi connectivity index (χ1n) is 6.60. The van der Waals surface area contributed by atoms with Crippen molar-refractivity contribution in [2.45, 2.75) is 0 Å². The molecule has 0 bridgehead atoms. The summed E-state index contributed by atoms with van der Waals surface area (Å²) in [5.41, 5.74) is 2.45. The molecule has 0 fully saturated rings. The van der Waals surface area contributed by atoms with Crippen LogP contribution >= 0.6 is 23.2 Å². The van der Waals surface area contributed by atoms with Crippen molar-refractivity contribution in [1.82, 2.24) is 0 Å². The van der Waals surface area contributed by atoms with E-state index < -0.39 is 0 Å². The molecule has 0 unspecified atom stereocenters. The highest BCUT2D eigenvalue weighted by molar-refractivity contribution is 6.70. The van der Waals surface area contributed by atoms with Gasteiger partial charge in [-0.3, -0.25) is 0 Å². The third-order valence-electron chi connectivity index (χ3n) is 3.22. The van der Waals surface area contributed by atoms with E-state index in [-0.39, 0.29) is 0 Å². The van der Waals surface area contributed by atoms with Crippen molar-refractivity contribution >= 4 is 43.1 Å². The number of hydrogen-bond donors (Lipinski definition) is 0. The summed E-state index contributed by atoms with van der Waals surface area (Å²) < 4.78 is 0. The Hall–Kier alpha value is -1.54. The van der Waals surface area contributed by atoms with Crippen LogP contribution < -0.4 is 10.4 Å². The first-order chi connectivity index (χ1) is 10.2. The summed E-state index contributed by atoms with van der Waals surface area (Å²) in [5, 5.41) is 3.60. The van der Waals surface area contributed by atoms with Crippen LogP contribution in [0, 0.1) is 0 Å². The van der Waals surface area contributed by atoms with Crippen molar-refractivity contribution in [3.8, 4) is 11.1 Å². The van der Waals surface area contributed by atoms with Crippen LogP contribution in [0.1, 0.15) is 0 Å². The molecule has 102 valence electrons. The van der Waals surface area contributed by atoms with Crippen LogP contribution in [0.5, 0.6) is 0 Å². The molecule has 0 amide bonds. The van der Waals surface area contributed by atoms with Crippen molar-refractivity contribution in [2.24, 2.45) is 0 Å². The third kappa shape index (κ3) is 3.38. The van der Waals surface area contributed by atoms with Gasteiger partial charge in [0.1, 0.15) is 9.52 Å². The molecule has 0 nitrogen and oxygen atoms in total. The molecule has 0 saturated heterocycles. The van der Waals surface area contributed by atoms with Crippen LogP contribution in [0.2, 0.25) is 10.0 Å². The standard InChI is InChI=1S/C18H12Cl2Si/c19-16-7-4-8-17(18(16)20)21-15-11-9-14(10-12-15)13-5-2-1-3-6-13/h1-12H. The van der Waals surface area contributed by atoms with E-state index in [0.717, 1.165) is 5.19 Å². The lowest BCUT2D eigenvalue weighted by molar-refractivity contribution is 1.63. The van der Waals surface area contributed by atoms with E-state index >= 15 is 0 Å². The highest BCUT2D eigenvalue weighted by Gasteiger charge is 2.06. The summed E-state index contributed by atoms with van der Waals surface area (Å²) in [7, 11) is 0.510. The fourth-order valence-electron chi connectivity index (χ4n) is 2.13. The van der Waals surface area contributed by atoms with Crippen molar-refractivity contribution in [3.63, 3.8) is 0 Å². The maximum absolute atomic E-state index is 6.25. The molecule has 3 rings (SSSR count). The van der Waals surface area contributed by atoms with Crippen LogP contribution in [0.3, 0.4) is 0 Å². The fourth-order valence-corrected chi connectivity index (χ4v) is 3.72. The number of rotatable bonds is 3. The summed E-state index contributed by atoms with van der Waals surface area (Å²) in [4.78, 5) is 0. The predicted molar refractivity (Wildman–Crippen MR) is 93.4 cm³/mol. The van der Waals surface area contributed by atoms with Crippen molar-refractivity contribution in [1.29, 1.82) is 0 Å². The second kappa shape index (κ2) is 6.48. The summed E-state index contributed by atoms with van der Waals surface area (Å²) in [6.07, 6.45) is 0. The molecule has 2 radical (unpaired) electrons. The van der Waals surface area contributed by atoms with E-state index in [1.54, 1.807) is 0 Å². The molecule has 3 aromatic rings. The highest BCUT2D eigenvalue weighted by atomic mass is 35.5. The van der Waals surface area contributed by atoms with E-state index in [1.165, 1.54) is 16.3 Å². The Labute approximate surface area is 137 Å². The maximum Gasteiger partial charge on any atom is 0.123 e. The number of benzene rings is 3. The average molecular weight is 327 g/mol. The summed E-state index contributed by atoms with van der Waals surface area (Å²) in [5.74, 6) is 0. The van der Waals surface area contributed by atoms with E-state index in [2.05, 4.69) is 48.5 Å². The lowest BCUT2D eigenvalue weighted by Crippen LogP contribution is -2.27. The molecule has 0 aliphatic carbocycles. The first-order valence-corrected chi connectivity index (χ1v) is 8.36. The second-order valence-electron chi connectivity index (χ2n) is 4.67. The van der Waals surface area contributed by atoms with E-state index in [4.69, 9.17) is 23.2 Å². The molecule has 0 heterocycles. The maximum atomic E-state index is 6.25. The van der Waals surface area contributed by atoms with Gasteiger partial charge >= 0.3 is 0 Å². The zero-order chi connectivity index (χ0) is 14.7. The molecule has 0 aromatic heterocycles. The Kier molecular flexibility index (Phi) is 4.44. The zero-order valence-electron chi connectivity index (χ0n) is 11.2. The Morgan fingerprint density at radius 1 is 0.619 bits per heavy atom. The molecular formula is C18H12Cl2Si. The lowest BCUT2D eigenvalue weighted by atomic mass is 10.1. The molecule has 0 aliphatic heterocycles. The molecule has 3 heteroatoms. The number of halogens is 2. The molecule has 0 aliphatic rings. The van der Waals surface area contributed by atoms with Gasteiger partial charge in [0.25, 0.3) is 0 Å². The van der Waals surface area contributed by atoms with Gasteiger partial charge in [-0.25, -0.2) is 0 Å². The Bertz CT molecular complexity index is 737. The SMILES string of the molecule is Clc1cccc([Si]c2ccc(-c3ccccc3)cc2)c1Cl. The quantitative estimate of drug-likeness (QED) is 0.629. The van der Waals surface area contributed by atoms with Crippen LogP contribution in [0.25, 0.3) is 11.1 Å². The van der Waals surface area contributed by atoms with E-state index in [1.807, 2.05) is 24.3 Å². The minimum Gasteiger partial charge on any atom is -0.0828 e. The van der Waals surface area contributed by atoms with Crippen molar-refractivity contribution in [3.05, 3.63) is 82.8 Å². The van der Waals surface area contributed by atoms with Crippen LogP contribution in [0.4, 0.5) is 0 Å². The van der Waals surface area contributed by atoms with E-state index in [0.29, 0.717) is 19.6 Å². The average Bonchev–Trinajstić information content (AvgIpc) is 2.53. The molecular weight excluding hydrogens is 315 g/mol. The summed E-state index contributed by atoms with van der Waals surface area (Å²) in [6.45, 7) is 0. The fraction of sp³-hybridized carbons (Fsp3) is 0. The van der Waals surface area contributed by atoms with Gasteiger partial charge in [0, 0.05) is 0 Å². The van der Waals surface area contributed by atoms with Crippen molar-refractivity contribution in [2.75, 3.05) is 0 Å². The van der Waals surface area contributed by atoms with Crippen LogP contribution in [-0.4, -0.2) is 9.52 Å². The molecule has 21 heavy (non-hydrogen) atoms. The van der Waals surface area contributed by atoms with Gasteiger partial charge < -0.3 is 0 Å². The van der Waals surface area contributed by atoms with Gasteiger partial charge in [-0.1, -0.05) is 95.1 Å². The van der Waals surface area contributed by atoms with Gasteiger partial charge in [-0.2, -0.15) is 0 Å². The van der Waals surface area contributed by atoms with Crippen LogP contribution in [0.15, 0.2) is 72.8 Å². The highest BCUT2D eigenvalue weighted by Crippen LogP contribution is 2.19. The largest absolute Gasteiger partial charge is 0.123 e. The predicted octanol–water partition coefficient (Wildman–Crippen LogP) is 4.32. The first kappa shape index (κ1) is 14.4. The molecule has 0 N–H and O–H groups in total. The normalized spacial score (nSPS) is 10.6. The molecule has 0 spiro atoms. The third-order valence-corrected chi connectivity index (χ3v) is 5.51. The molecule has 0 atom stereocenters. The van der Waals surface area contributed by atoms with Gasteiger partial charge in [0.2, 0.25) is 0 Å². The van der Waals surface area contributed by atoms with Crippen LogP contribution in [-0.2, 0) is 0 Å². The van der Waals surface area contributed by atoms with Crippen molar-refractivity contribution < 1.29 is 0 Å². The van der Waals surface area contributed by atoms with Gasteiger partial charge in [-0.15, -0.1) is 0 Å². The Morgan fingerprint density at radius 3 is 2.00 bits per heavy atom. The Balaban J connectivity index is 1.83. The molecule has 3 aromatic carbocycles. The van der Waals surface area contributed by atoms with E-state index in [9.17, 15) is 0 Å². The van der Waals surface area contributed by atoms with Gasteiger partial charge in [0.05, 0.1) is 10.0 Å². The summed E-state index contributed by atoms with van der Waals surface area (Å²) >= 11 is 12.3. The zero-order valence-corrected chi connectivity index (χ0v) is 13.7. The smallest absolute Gasteiger partial charge is 0.0828 e. The topological polar surface area (TPSA) is 0 Å². The minimum atomic E-state index is 0.510. The van der Waals surface area contributed by atoms with Gasteiger partial charge in [-0.05, 0) is 22.4 Å².